The van der Waals surface area contributed by atoms with E-state index in [1.807, 2.05) is 29.2 Å². The maximum atomic E-state index is 13.6. The molecule has 6 heteroatoms. The van der Waals surface area contributed by atoms with E-state index in [1.54, 1.807) is 0 Å². The van der Waals surface area contributed by atoms with Crippen LogP contribution in [0.25, 0.3) is 0 Å². The number of fused-ring (bicyclic) bond motifs is 2. The number of guanidine groups is 1. The lowest BCUT2D eigenvalue weighted by molar-refractivity contribution is -0.125. The summed E-state index contributed by atoms with van der Waals surface area (Å²) in [5, 5.41) is 0.681. The van der Waals surface area contributed by atoms with Gasteiger partial charge in [-0.1, -0.05) is 59.6 Å². The average Bonchev–Trinajstić information content (AvgIpc) is 3.22. The molecule has 30 heavy (non-hydrogen) atoms. The first kappa shape index (κ1) is 19.3. The van der Waals surface area contributed by atoms with E-state index in [4.69, 9.17) is 11.6 Å². The van der Waals surface area contributed by atoms with E-state index in [0.717, 1.165) is 55.4 Å². The Kier molecular flexibility index (Phi) is 5.09. The van der Waals surface area contributed by atoms with E-state index in [2.05, 4.69) is 46.0 Å². The molecule has 154 valence electrons. The van der Waals surface area contributed by atoms with Crippen LogP contribution in [0.3, 0.4) is 0 Å². The van der Waals surface area contributed by atoms with Crippen LogP contribution in [0.2, 0.25) is 5.02 Å². The predicted molar refractivity (Wildman–Crippen MR) is 119 cm³/mol. The van der Waals surface area contributed by atoms with Gasteiger partial charge < -0.3 is 4.90 Å². The van der Waals surface area contributed by atoms with Crippen molar-refractivity contribution in [2.75, 3.05) is 26.2 Å². The summed E-state index contributed by atoms with van der Waals surface area (Å²) >= 11 is 6.39. The SMILES string of the molecule is Cc1cccc(CN2CCC3=C(C2)C(=O)N(Cc2ccccc2Cl)C2=NCCN23)c1. The van der Waals surface area contributed by atoms with Gasteiger partial charge in [0.15, 0.2) is 0 Å². The minimum absolute atomic E-state index is 0.0655. The maximum Gasteiger partial charge on any atom is 0.259 e. The first-order chi connectivity index (χ1) is 14.6. The monoisotopic (exact) mass is 420 g/mol. The van der Waals surface area contributed by atoms with Crippen LogP contribution in [0.1, 0.15) is 23.1 Å². The summed E-state index contributed by atoms with van der Waals surface area (Å²) in [6.45, 7) is 6.62. The molecule has 1 amide bonds. The molecule has 0 unspecified atom stereocenters. The van der Waals surface area contributed by atoms with Gasteiger partial charge in [0.05, 0.1) is 18.7 Å². The number of benzene rings is 2. The van der Waals surface area contributed by atoms with E-state index in [9.17, 15) is 4.79 Å². The topological polar surface area (TPSA) is 39.2 Å². The predicted octanol–water partition coefficient (Wildman–Crippen LogP) is 3.82. The zero-order chi connectivity index (χ0) is 20.7. The molecule has 2 aromatic rings. The van der Waals surface area contributed by atoms with Crippen molar-refractivity contribution >= 4 is 23.5 Å². The quantitative estimate of drug-likeness (QED) is 0.754. The van der Waals surface area contributed by atoms with Gasteiger partial charge in [0.1, 0.15) is 0 Å². The molecular formula is C24H25ClN4O. The molecule has 0 atom stereocenters. The summed E-state index contributed by atoms with van der Waals surface area (Å²) in [4.78, 5) is 24.6. The van der Waals surface area contributed by atoms with Crippen molar-refractivity contribution in [2.45, 2.75) is 26.4 Å². The molecule has 3 aliphatic rings. The van der Waals surface area contributed by atoms with E-state index < -0.39 is 0 Å². The molecule has 3 heterocycles. The number of carbonyl (C=O) groups excluding carboxylic acids is 1. The second-order valence-corrected chi connectivity index (χ2v) is 8.60. The highest BCUT2D eigenvalue weighted by Gasteiger charge is 2.41. The summed E-state index contributed by atoms with van der Waals surface area (Å²) in [5.74, 6) is 0.849. The van der Waals surface area contributed by atoms with E-state index >= 15 is 0 Å². The van der Waals surface area contributed by atoms with Gasteiger partial charge in [0.2, 0.25) is 5.96 Å². The summed E-state index contributed by atoms with van der Waals surface area (Å²) < 4.78 is 0. The fraction of sp³-hybridized carbons (Fsp3) is 0.333. The van der Waals surface area contributed by atoms with Gasteiger partial charge in [0.25, 0.3) is 5.91 Å². The summed E-state index contributed by atoms with van der Waals surface area (Å²) in [5.41, 5.74) is 5.56. The Bertz CT molecular complexity index is 1060. The maximum absolute atomic E-state index is 13.6. The molecule has 5 rings (SSSR count). The second-order valence-electron chi connectivity index (χ2n) is 8.19. The number of carbonyl (C=O) groups is 1. The lowest BCUT2D eigenvalue weighted by Gasteiger charge is -2.42. The molecule has 0 saturated heterocycles. The molecule has 0 N–H and O–H groups in total. The van der Waals surface area contributed by atoms with Crippen molar-refractivity contribution in [3.05, 3.63) is 81.5 Å². The van der Waals surface area contributed by atoms with Gasteiger partial charge in [0, 0.05) is 43.3 Å². The van der Waals surface area contributed by atoms with Crippen LogP contribution in [0, 0.1) is 6.92 Å². The van der Waals surface area contributed by atoms with Crippen molar-refractivity contribution in [3.63, 3.8) is 0 Å². The van der Waals surface area contributed by atoms with E-state index in [0.29, 0.717) is 18.1 Å². The molecular weight excluding hydrogens is 396 g/mol. The standard InChI is InChI=1S/C24H25ClN4O/c1-17-5-4-6-18(13-17)14-27-11-9-22-20(16-27)23(30)29(24-26-10-12-28(22)24)15-19-7-2-3-8-21(19)25/h2-8,13H,9-12,14-16H2,1H3. The Labute approximate surface area is 182 Å². The third-order valence-corrected chi connectivity index (χ3v) is 6.43. The summed E-state index contributed by atoms with van der Waals surface area (Å²) in [7, 11) is 0. The second kappa shape index (κ2) is 7.89. The average molecular weight is 421 g/mol. The minimum Gasteiger partial charge on any atom is -0.314 e. The highest BCUT2D eigenvalue weighted by Crippen LogP contribution is 2.32. The van der Waals surface area contributed by atoms with Crippen LogP contribution in [0.5, 0.6) is 0 Å². The minimum atomic E-state index is 0.0655. The number of amides is 1. The highest BCUT2D eigenvalue weighted by atomic mass is 35.5. The molecule has 0 spiro atoms. The van der Waals surface area contributed by atoms with Gasteiger partial charge in [-0.25, -0.2) is 0 Å². The molecule has 0 radical (unpaired) electrons. The zero-order valence-electron chi connectivity index (χ0n) is 17.1. The molecule has 0 bridgehead atoms. The Balaban J connectivity index is 1.41. The summed E-state index contributed by atoms with van der Waals surface area (Å²) in [6.07, 6.45) is 0.881. The number of hydrogen-bond donors (Lipinski definition) is 0. The number of halogens is 1. The van der Waals surface area contributed by atoms with E-state index in [1.165, 1.54) is 11.1 Å². The molecule has 0 fully saturated rings. The molecule has 5 nitrogen and oxygen atoms in total. The molecule has 0 aromatic heterocycles. The third kappa shape index (κ3) is 3.53. The molecule has 2 aromatic carbocycles. The van der Waals surface area contributed by atoms with Crippen molar-refractivity contribution in [1.29, 1.82) is 0 Å². The fourth-order valence-electron chi connectivity index (χ4n) is 4.62. The van der Waals surface area contributed by atoms with Crippen LogP contribution in [0.4, 0.5) is 0 Å². The first-order valence-electron chi connectivity index (χ1n) is 10.5. The number of hydrogen-bond acceptors (Lipinski definition) is 4. The number of aliphatic imine (C=N–C) groups is 1. The van der Waals surface area contributed by atoms with Crippen molar-refractivity contribution < 1.29 is 4.79 Å². The van der Waals surface area contributed by atoms with Crippen LogP contribution in [0.15, 0.2) is 64.8 Å². The Morgan fingerprint density at radius 3 is 2.77 bits per heavy atom. The molecule has 3 aliphatic heterocycles. The van der Waals surface area contributed by atoms with Crippen LogP contribution >= 0.6 is 11.6 Å². The zero-order valence-corrected chi connectivity index (χ0v) is 17.9. The molecule has 0 saturated carbocycles. The van der Waals surface area contributed by atoms with Gasteiger partial charge in [-0.3, -0.25) is 19.6 Å². The van der Waals surface area contributed by atoms with Crippen molar-refractivity contribution in [2.24, 2.45) is 4.99 Å². The van der Waals surface area contributed by atoms with Crippen LogP contribution in [-0.4, -0.2) is 52.7 Å². The lowest BCUT2D eigenvalue weighted by Crippen LogP contribution is -2.53. The Hall–Kier alpha value is -2.63. The first-order valence-corrected chi connectivity index (χ1v) is 10.8. The van der Waals surface area contributed by atoms with Gasteiger partial charge in [-0.2, -0.15) is 0 Å². The van der Waals surface area contributed by atoms with Crippen molar-refractivity contribution in [1.82, 2.24) is 14.7 Å². The number of rotatable bonds is 4. The summed E-state index contributed by atoms with van der Waals surface area (Å²) in [6, 6.07) is 16.3. The molecule has 0 aliphatic carbocycles. The van der Waals surface area contributed by atoms with E-state index in [-0.39, 0.29) is 5.91 Å². The lowest BCUT2D eigenvalue weighted by atomic mass is 10.00. The fourth-order valence-corrected chi connectivity index (χ4v) is 4.81. The Morgan fingerprint density at radius 1 is 1.07 bits per heavy atom. The van der Waals surface area contributed by atoms with Crippen LogP contribution in [-0.2, 0) is 17.9 Å². The largest absolute Gasteiger partial charge is 0.314 e. The van der Waals surface area contributed by atoms with Gasteiger partial charge in [-0.15, -0.1) is 0 Å². The van der Waals surface area contributed by atoms with Gasteiger partial charge in [-0.05, 0) is 24.1 Å². The highest BCUT2D eigenvalue weighted by molar-refractivity contribution is 6.31. The van der Waals surface area contributed by atoms with Crippen LogP contribution < -0.4 is 0 Å². The number of nitrogens with zero attached hydrogens (tertiary/aromatic N) is 4. The number of aryl methyl sites for hydroxylation is 1. The normalized spacial score (nSPS) is 19.1. The van der Waals surface area contributed by atoms with Gasteiger partial charge >= 0.3 is 0 Å². The third-order valence-electron chi connectivity index (χ3n) is 6.06. The Morgan fingerprint density at radius 2 is 1.93 bits per heavy atom. The smallest absolute Gasteiger partial charge is 0.259 e. The van der Waals surface area contributed by atoms with Crippen molar-refractivity contribution in [3.8, 4) is 0 Å².